The quantitative estimate of drug-likeness (QED) is 0.860. The highest BCUT2D eigenvalue weighted by Crippen LogP contribution is 2.24. The lowest BCUT2D eigenvalue weighted by Crippen LogP contribution is -2.36. The normalized spacial score (nSPS) is 14.4. The van der Waals surface area contributed by atoms with E-state index >= 15 is 0 Å². The Morgan fingerprint density at radius 2 is 1.85 bits per heavy atom. The number of nitrogens with one attached hydrogen (secondary N) is 1. The predicted molar refractivity (Wildman–Crippen MR) is 88.1 cm³/mol. The Morgan fingerprint density at radius 1 is 1.15 bits per heavy atom. The maximum absolute atomic E-state index is 4.79. The van der Waals surface area contributed by atoms with Crippen LogP contribution in [-0.2, 0) is 6.42 Å². The molecule has 2 rings (SSSR count). The van der Waals surface area contributed by atoms with Gasteiger partial charge < -0.3 is 5.32 Å². The van der Waals surface area contributed by atoms with Gasteiger partial charge in [-0.05, 0) is 18.9 Å². The highest BCUT2D eigenvalue weighted by Gasteiger charge is 2.20. The molecular formula is C17H24N2S. The number of likely N-dealkylation sites (N-methyl/N-ethyl adjacent to an activating group) is 1. The first-order valence-electron chi connectivity index (χ1n) is 7.29. The summed E-state index contributed by atoms with van der Waals surface area (Å²) in [5.41, 5.74) is 2.30. The summed E-state index contributed by atoms with van der Waals surface area (Å²) in [7, 11) is 2.05. The lowest BCUT2D eigenvalue weighted by atomic mass is 9.89. The molecule has 0 amide bonds. The van der Waals surface area contributed by atoms with Crippen LogP contribution in [0.3, 0.4) is 0 Å². The van der Waals surface area contributed by atoms with E-state index in [1.807, 2.05) is 6.07 Å². The van der Waals surface area contributed by atoms with E-state index in [1.54, 1.807) is 11.3 Å². The Balaban J connectivity index is 2.09. The highest BCUT2D eigenvalue weighted by molar-refractivity contribution is 7.09. The summed E-state index contributed by atoms with van der Waals surface area (Å²) in [4.78, 5) is 4.79. The van der Waals surface area contributed by atoms with Crippen LogP contribution in [0, 0.1) is 11.8 Å². The third-order valence-corrected chi connectivity index (χ3v) is 4.94. The van der Waals surface area contributed by atoms with Crippen molar-refractivity contribution in [2.24, 2.45) is 11.8 Å². The number of hydrogen-bond acceptors (Lipinski definition) is 3. The zero-order valence-corrected chi connectivity index (χ0v) is 13.6. The minimum absolute atomic E-state index is 0.491. The molecule has 0 radical (unpaired) electrons. The van der Waals surface area contributed by atoms with Gasteiger partial charge in [-0.3, -0.25) is 0 Å². The second-order valence-electron chi connectivity index (χ2n) is 5.69. The average molecular weight is 288 g/mol. The summed E-state index contributed by atoms with van der Waals surface area (Å²) in [6.45, 7) is 6.88. The Labute approximate surface area is 126 Å². The lowest BCUT2D eigenvalue weighted by molar-refractivity contribution is 0.309. The molecule has 20 heavy (non-hydrogen) atoms. The first-order chi connectivity index (χ1) is 9.61. The van der Waals surface area contributed by atoms with E-state index < -0.39 is 0 Å². The number of thiazole rings is 1. The molecule has 108 valence electrons. The van der Waals surface area contributed by atoms with Crippen molar-refractivity contribution in [2.45, 2.75) is 33.2 Å². The summed E-state index contributed by atoms with van der Waals surface area (Å²) in [5.74, 6) is 1.32. The van der Waals surface area contributed by atoms with Gasteiger partial charge in [-0.15, -0.1) is 11.3 Å². The van der Waals surface area contributed by atoms with Gasteiger partial charge in [0.25, 0.3) is 0 Å². The van der Waals surface area contributed by atoms with Gasteiger partial charge in [0.15, 0.2) is 0 Å². The Morgan fingerprint density at radius 3 is 2.45 bits per heavy atom. The number of rotatable bonds is 6. The SMILES string of the molecule is CNC(Cc1nc(-c2ccccc2)cs1)C(C)C(C)C. The van der Waals surface area contributed by atoms with Crippen LogP contribution in [-0.4, -0.2) is 18.1 Å². The number of aromatic nitrogens is 1. The van der Waals surface area contributed by atoms with Gasteiger partial charge in [-0.25, -0.2) is 4.98 Å². The van der Waals surface area contributed by atoms with Gasteiger partial charge in [0, 0.05) is 23.4 Å². The number of hydrogen-bond donors (Lipinski definition) is 1. The van der Waals surface area contributed by atoms with Crippen molar-refractivity contribution in [3.05, 3.63) is 40.7 Å². The summed E-state index contributed by atoms with van der Waals surface area (Å²) >= 11 is 1.77. The maximum Gasteiger partial charge on any atom is 0.0948 e. The van der Waals surface area contributed by atoms with E-state index in [0.29, 0.717) is 17.9 Å². The molecule has 1 heterocycles. The first kappa shape index (κ1) is 15.2. The van der Waals surface area contributed by atoms with Crippen LogP contribution in [0.1, 0.15) is 25.8 Å². The third kappa shape index (κ3) is 3.68. The predicted octanol–water partition coefficient (Wildman–Crippen LogP) is 4.23. The fourth-order valence-electron chi connectivity index (χ4n) is 2.35. The molecule has 2 aromatic rings. The molecule has 3 heteroatoms. The minimum atomic E-state index is 0.491. The van der Waals surface area contributed by atoms with Crippen molar-refractivity contribution >= 4 is 11.3 Å². The summed E-state index contributed by atoms with van der Waals surface area (Å²) < 4.78 is 0. The van der Waals surface area contributed by atoms with Gasteiger partial charge >= 0.3 is 0 Å². The fourth-order valence-corrected chi connectivity index (χ4v) is 3.21. The third-order valence-electron chi connectivity index (χ3n) is 4.07. The van der Waals surface area contributed by atoms with Gasteiger partial charge in [-0.2, -0.15) is 0 Å². The summed E-state index contributed by atoms with van der Waals surface area (Å²) in [6.07, 6.45) is 1.01. The molecule has 0 fully saturated rings. The van der Waals surface area contributed by atoms with Crippen molar-refractivity contribution in [2.75, 3.05) is 7.05 Å². The van der Waals surface area contributed by atoms with E-state index in [-0.39, 0.29) is 0 Å². The van der Waals surface area contributed by atoms with Crippen molar-refractivity contribution in [3.63, 3.8) is 0 Å². The summed E-state index contributed by atoms with van der Waals surface area (Å²) in [5, 5.41) is 6.83. The molecule has 2 atom stereocenters. The van der Waals surface area contributed by atoms with E-state index in [9.17, 15) is 0 Å². The van der Waals surface area contributed by atoms with E-state index in [1.165, 1.54) is 10.6 Å². The average Bonchev–Trinajstić information content (AvgIpc) is 2.93. The van der Waals surface area contributed by atoms with Gasteiger partial charge in [0.1, 0.15) is 0 Å². The number of nitrogens with zero attached hydrogens (tertiary/aromatic N) is 1. The van der Waals surface area contributed by atoms with Crippen LogP contribution >= 0.6 is 11.3 Å². The first-order valence-corrected chi connectivity index (χ1v) is 8.17. The smallest absolute Gasteiger partial charge is 0.0948 e. The van der Waals surface area contributed by atoms with E-state index in [4.69, 9.17) is 4.98 Å². The molecule has 1 aromatic heterocycles. The molecule has 0 saturated heterocycles. The standard InChI is InChI=1S/C17H24N2S/c1-12(2)13(3)15(18-4)10-17-19-16(11-20-17)14-8-6-5-7-9-14/h5-9,11-13,15,18H,10H2,1-4H3. The van der Waals surface area contributed by atoms with Crippen molar-refractivity contribution in [1.29, 1.82) is 0 Å². The minimum Gasteiger partial charge on any atom is -0.316 e. The molecule has 2 nitrogen and oxygen atoms in total. The van der Waals surface area contributed by atoms with Crippen molar-refractivity contribution < 1.29 is 0 Å². The summed E-state index contributed by atoms with van der Waals surface area (Å²) in [6, 6.07) is 10.9. The van der Waals surface area contributed by atoms with E-state index in [0.717, 1.165) is 12.1 Å². The molecule has 0 spiro atoms. The van der Waals surface area contributed by atoms with Gasteiger partial charge in [-0.1, -0.05) is 51.1 Å². The monoisotopic (exact) mass is 288 g/mol. The molecule has 1 aromatic carbocycles. The maximum atomic E-state index is 4.79. The lowest BCUT2D eigenvalue weighted by Gasteiger charge is -2.25. The van der Waals surface area contributed by atoms with Crippen LogP contribution in [0.25, 0.3) is 11.3 Å². The Bertz CT molecular complexity index is 519. The largest absolute Gasteiger partial charge is 0.316 e. The second kappa shape index (κ2) is 7.00. The van der Waals surface area contributed by atoms with Gasteiger partial charge in [0.05, 0.1) is 10.7 Å². The molecule has 0 bridgehead atoms. The topological polar surface area (TPSA) is 24.9 Å². The Kier molecular flexibility index (Phi) is 5.32. The molecule has 0 saturated carbocycles. The van der Waals surface area contributed by atoms with Crippen LogP contribution in [0.4, 0.5) is 0 Å². The Hall–Kier alpha value is -1.19. The molecule has 1 N–H and O–H groups in total. The number of benzene rings is 1. The van der Waals surface area contributed by atoms with Crippen LogP contribution in [0.2, 0.25) is 0 Å². The molecule has 0 aliphatic rings. The zero-order chi connectivity index (χ0) is 14.5. The van der Waals surface area contributed by atoms with E-state index in [2.05, 4.69) is 62.8 Å². The zero-order valence-electron chi connectivity index (χ0n) is 12.8. The molecule has 0 aliphatic heterocycles. The molecular weight excluding hydrogens is 264 g/mol. The molecule has 0 aliphatic carbocycles. The van der Waals surface area contributed by atoms with Crippen LogP contribution in [0.5, 0.6) is 0 Å². The van der Waals surface area contributed by atoms with Crippen LogP contribution in [0.15, 0.2) is 35.7 Å². The van der Waals surface area contributed by atoms with Crippen LogP contribution < -0.4 is 5.32 Å². The molecule has 2 unspecified atom stereocenters. The fraction of sp³-hybridized carbons (Fsp3) is 0.471. The van der Waals surface area contributed by atoms with Crippen molar-refractivity contribution in [3.8, 4) is 11.3 Å². The highest BCUT2D eigenvalue weighted by atomic mass is 32.1. The van der Waals surface area contributed by atoms with Crippen molar-refractivity contribution in [1.82, 2.24) is 10.3 Å². The second-order valence-corrected chi connectivity index (χ2v) is 6.64. The van der Waals surface area contributed by atoms with Gasteiger partial charge in [0.2, 0.25) is 0 Å².